The van der Waals surface area contributed by atoms with E-state index in [4.69, 9.17) is 0 Å². The van der Waals surface area contributed by atoms with Crippen molar-refractivity contribution in [3.63, 3.8) is 0 Å². The molecule has 1 aromatic heterocycles. The molecule has 1 N–H and O–H groups in total. The van der Waals surface area contributed by atoms with Gasteiger partial charge in [-0.3, -0.25) is 9.69 Å². The van der Waals surface area contributed by atoms with Gasteiger partial charge in [-0.2, -0.15) is 0 Å². The van der Waals surface area contributed by atoms with E-state index in [9.17, 15) is 13.2 Å². The number of amides is 1. The van der Waals surface area contributed by atoms with Crippen LogP contribution >= 0.6 is 11.3 Å². The smallest absolute Gasteiger partial charge is 0.234 e. The van der Waals surface area contributed by atoms with Crippen molar-refractivity contribution in [2.24, 2.45) is 0 Å². The third kappa shape index (κ3) is 5.41. The van der Waals surface area contributed by atoms with E-state index in [1.54, 1.807) is 11.3 Å². The van der Waals surface area contributed by atoms with Crippen LogP contribution in [0.4, 0.5) is 0 Å². The molecule has 0 radical (unpaired) electrons. The van der Waals surface area contributed by atoms with Gasteiger partial charge in [-0.15, -0.1) is 11.3 Å². The molecule has 7 heteroatoms. The summed E-state index contributed by atoms with van der Waals surface area (Å²) in [6.45, 7) is 4.01. The van der Waals surface area contributed by atoms with Crippen molar-refractivity contribution in [3.05, 3.63) is 22.4 Å². The van der Waals surface area contributed by atoms with Gasteiger partial charge in [0.25, 0.3) is 0 Å². The second-order valence-electron chi connectivity index (χ2n) is 5.37. The summed E-state index contributed by atoms with van der Waals surface area (Å²) in [4.78, 5) is 15.4. The van der Waals surface area contributed by atoms with Gasteiger partial charge >= 0.3 is 0 Å². The number of hydrogen-bond donors (Lipinski definition) is 1. The van der Waals surface area contributed by atoms with E-state index in [-0.39, 0.29) is 23.5 Å². The van der Waals surface area contributed by atoms with Crippen LogP contribution in [0.25, 0.3) is 0 Å². The molecule has 0 spiro atoms. The maximum atomic E-state index is 12.0. The molecule has 0 aliphatic carbocycles. The van der Waals surface area contributed by atoms with Crippen LogP contribution < -0.4 is 5.32 Å². The first-order chi connectivity index (χ1) is 9.98. The molecule has 2 heterocycles. The Bertz CT molecular complexity index is 555. The topological polar surface area (TPSA) is 66.5 Å². The first kappa shape index (κ1) is 16.5. The zero-order valence-corrected chi connectivity index (χ0v) is 13.9. The van der Waals surface area contributed by atoms with Crippen LogP contribution in [-0.2, 0) is 21.1 Å². The Morgan fingerprint density at radius 3 is 2.90 bits per heavy atom. The van der Waals surface area contributed by atoms with Gasteiger partial charge in [0.1, 0.15) is 0 Å². The molecular formula is C14H22N2O3S2. The SMILES string of the molecule is CCN(CCc1cccs1)CC(=O)N[C@@H]1CCS(=O)(=O)C1. The minimum Gasteiger partial charge on any atom is -0.351 e. The van der Waals surface area contributed by atoms with Gasteiger partial charge in [-0.1, -0.05) is 13.0 Å². The average Bonchev–Trinajstić information content (AvgIpc) is 3.04. The van der Waals surface area contributed by atoms with E-state index in [1.807, 2.05) is 13.0 Å². The van der Waals surface area contributed by atoms with Crippen LogP contribution in [0.3, 0.4) is 0 Å². The van der Waals surface area contributed by atoms with Crippen molar-refractivity contribution in [1.82, 2.24) is 10.2 Å². The molecule has 1 aliphatic heterocycles. The Morgan fingerprint density at radius 2 is 2.33 bits per heavy atom. The van der Waals surface area contributed by atoms with Crippen LogP contribution in [0.15, 0.2) is 17.5 Å². The number of nitrogens with one attached hydrogen (secondary N) is 1. The Kier molecular flexibility index (Phi) is 5.78. The van der Waals surface area contributed by atoms with Gasteiger partial charge in [0.15, 0.2) is 9.84 Å². The van der Waals surface area contributed by atoms with E-state index in [2.05, 4.69) is 21.7 Å². The van der Waals surface area contributed by atoms with E-state index in [0.29, 0.717) is 13.0 Å². The number of carbonyl (C=O) groups is 1. The van der Waals surface area contributed by atoms with Crippen LogP contribution in [0.5, 0.6) is 0 Å². The lowest BCUT2D eigenvalue weighted by molar-refractivity contribution is -0.122. The molecule has 2 rings (SSSR count). The standard InChI is InChI=1S/C14H22N2O3S2/c1-2-16(7-5-13-4-3-8-20-13)10-14(17)15-12-6-9-21(18,19)11-12/h3-4,8,12H,2,5-7,9-11H2,1H3,(H,15,17)/t12-/m1/s1. The molecule has 1 fully saturated rings. The molecule has 5 nitrogen and oxygen atoms in total. The highest BCUT2D eigenvalue weighted by atomic mass is 32.2. The van der Waals surface area contributed by atoms with Crippen molar-refractivity contribution in [2.75, 3.05) is 31.1 Å². The quantitative estimate of drug-likeness (QED) is 0.807. The minimum atomic E-state index is -2.94. The summed E-state index contributed by atoms with van der Waals surface area (Å²) in [7, 11) is -2.94. The summed E-state index contributed by atoms with van der Waals surface area (Å²) in [5, 5.41) is 4.89. The molecular weight excluding hydrogens is 308 g/mol. The fourth-order valence-corrected chi connectivity index (χ4v) is 4.83. The normalized spacial score (nSPS) is 20.8. The third-order valence-electron chi connectivity index (χ3n) is 3.67. The van der Waals surface area contributed by atoms with Gasteiger partial charge < -0.3 is 5.32 Å². The number of likely N-dealkylation sites (N-methyl/N-ethyl adjacent to an activating group) is 1. The number of carbonyl (C=O) groups excluding carboxylic acids is 1. The van der Waals surface area contributed by atoms with Gasteiger partial charge in [0, 0.05) is 17.5 Å². The first-order valence-electron chi connectivity index (χ1n) is 7.23. The molecule has 118 valence electrons. The van der Waals surface area contributed by atoms with Crippen LogP contribution in [0.1, 0.15) is 18.2 Å². The molecule has 1 saturated heterocycles. The fourth-order valence-electron chi connectivity index (χ4n) is 2.46. The number of sulfone groups is 1. The predicted molar refractivity (Wildman–Crippen MR) is 85.3 cm³/mol. The predicted octanol–water partition coefficient (Wildman–Crippen LogP) is 0.916. The first-order valence-corrected chi connectivity index (χ1v) is 9.93. The number of rotatable bonds is 7. The van der Waals surface area contributed by atoms with Crippen LogP contribution in [0, 0.1) is 0 Å². The number of thiophene rings is 1. The molecule has 0 aromatic carbocycles. The van der Waals surface area contributed by atoms with Crippen LogP contribution in [0.2, 0.25) is 0 Å². The lowest BCUT2D eigenvalue weighted by Gasteiger charge is -2.20. The second kappa shape index (κ2) is 7.38. The number of hydrogen-bond acceptors (Lipinski definition) is 5. The maximum absolute atomic E-state index is 12.0. The summed E-state index contributed by atoms with van der Waals surface area (Å²) >= 11 is 1.73. The van der Waals surface area contributed by atoms with Crippen molar-refractivity contribution >= 4 is 27.1 Å². The molecule has 1 amide bonds. The molecule has 0 saturated carbocycles. The fraction of sp³-hybridized carbons (Fsp3) is 0.643. The Labute approximate surface area is 130 Å². The van der Waals surface area contributed by atoms with Crippen LogP contribution in [-0.4, -0.2) is 56.4 Å². The summed E-state index contributed by atoms with van der Waals surface area (Å²) < 4.78 is 22.7. The molecule has 21 heavy (non-hydrogen) atoms. The summed E-state index contributed by atoms with van der Waals surface area (Å²) in [6.07, 6.45) is 1.48. The van der Waals surface area contributed by atoms with E-state index < -0.39 is 9.84 Å². The lowest BCUT2D eigenvalue weighted by atomic mass is 10.2. The highest BCUT2D eigenvalue weighted by Crippen LogP contribution is 2.12. The summed E-state index contributed by atoms with van der Waals surface area (Å²) in [5.41, 5.74) is 0. The minimum absolute atomic E-state index is 0.0786. The molecule has 1 aromatic rings. The third-order valence-corrected chi connectivity index (χ3v) is 6.37. The monoisotopic (exact) mass is 330 g/mol. The Balaban J connectivity index is 1.74. The Morgan fingerprint density at radius 1 is 1.52 bits per heavy atom. The Hall–Kier alpha value is -0.920. The van der Waals surface area contributed by atoms with Gasteiger partial charge in [0.2, 0.25) is 5.91 Å². The molecule has 1 atom stereocenters. The van der Waals surface area contributed by atoms with Crippen molar-refractivity contribution in [3.8, 4) is 0 Å². The zero-order valence-electron chi connectivity index (χ0n) is 12.2. The van der Waals surface area contributed by atoms with E-state index in [0.717, 1.165) is 19.5 Å². The van der Waals surface area contributed by atoms with Gasteiger partial charge in [-0.25, -0.2) is 8.42 Å². The highest BCUT2D eigenvalue weighted by molar-refractivity contribution is 7.91. The van der Waals surface area contributed by atoms with E-state index >= 15 is 0 Å². The summed E-state index contributed by atoms with van der Waals surface area (Å²) in [6, 6.07) is 3.92. The summed E-state index contributed by atoms with van der Waals surface area (Å²) in [5.74, 6) is 0.193. The average molecular weight is 330 g/mol. The highest BCUT2D eigenvalue weighted by Gasteiger charge is 2.29. The van der Waals surface area contributed by atoms with Crippen molar-refractivity contribution in [1.29, 1.82) is 0 Å². The largest absolute Gasteiger partial charge is 0.351 e. The lowest BCUT2D eigenvalue weighted by Crippen LogP contribution is -2.43. The molecule has 1 aliphatic rings. The van der Waals surface area contributed by atoms with Crippen molar-refractivity contribution in [2.45, 2.75) is 25.8 Å². The molecule has 0 bridgehead atoms. The molecule has 0 unspecified atom stereocenters. The maximum Gasteiger partial charge on any atom is 0.234 e. The van der Waals surface area contributed by atoms with E-state index in [1.165, 1.54) is 4.88 Å². The number of nitrogens with zero attached hydrogens (tertiary/aromatic N) is 1. The zero-order chi connectivity index (χ0) is 15.3. The van der Waals surface area contributed by atoms with Gasteiger partial charge in [0.05, 0.1) is 18.1 Å². The second-order valence-corrected chi connectivity index (χ2v) is 8.63. The van der Waals surface area contributed by atoms with Crippen molar-refractivity contribution < 1.29 is 13.2 Å². The van der Waals surface area contributed by atoms with Gasteiger partial charge in [-0.05, 0) is 30.8 Å².